The van der Waals surface area contributed by atoms with Gasteiger partial charge in [0.1, 0.15) is 5.82 Å². The Labute approximate surface area is 165 Å². The van der Waals surface area contributed by atoms with Crippen LogP contribution in [0.2, 0.25) is 0 Å². The Morgan fingerprint density at radius 2 is 1.71 bits per heavy atom. The van der Waals surface area contributed by atoms with E-state index in [-0.39, 0.29) is 11.6 Å². The molecule has 28 heavy (non-hydrogen) atoms. The van der Waals surface area contributed by atoms with Crippen LogP contribution in [0.4, 0.5) is 10.6 Å². The maximum Gasteiger partial charge on any atom is 0.317 e. The first-order valence-corrected chi connectivity index (χ1v) is 9.63. The van der Waals surface area contributed by atoms with Gasteiger partial charge in [0.2, 0.25) is 0 Å². The molecule has 3 heterocycles. The third kappa shape index (κ3) is 3.78. The van der Waals surface area contributed by atoms with E-state index in [1.807, 2.05) is 66.7 Å². The van der Waals surface area contributed by atoms with Gasteiger partial charge in [0.15, 0.2) is 5.65 Å². The molecule has 2 aromatic heterocycles. The summed E-state index contributed by atoms with van der Waals surface area (Å²) in [4.78, 5) is 20.9. The summed E-state index contributed by atoms with van der Waals surface area (Å²) in [5.41, 5.74) is 2.66. The lowest BCUT2D eigenvalue weighted by Gasteiger charge is -2.36. The molecule has 0 aliphatic carbocycles. The number of amides is 2. The molecule has 0 radical (unpaired) electrons. The van der Waals surface area contributed by atoms with Gasteiger partial charge in [0, 0.05) is 37.3 Å². The molecule has 146 valence electrons. The number of benzene rings is 1. The van der Waals surface area contributed by atoms with Gasteiger partial charge in [0.05, 0.1) is 11.9 Å². The Bertz CT molecular complexity index is 967. The lowest BCUT2D eigenvalue weighted by atomic mass is 10.1. The second kappa shape index (κ2) is 7.14. The van der Waals surface area contributed by atoms with E-state index in [4.69, 9.17) is 5.10 Å². The van der Waals surface area contributed by atoms with Gasteiger partial charge >= 0.3 is 6.03 Å². The molecule has 1 N–H and O–H groups in total. The molecule has 4 rings (SSSR count). The first-order chi connectivity index (χ1) is 13.4. The van der Waals surface area contributed by atoms with E-state index in [1.54, 1.807) is 0 Å². The van der Waals surface area contributed by atoms with Gasteiger partial charge in [-0.05, 0) is 32.9 Å². The number of anilines is 1. The van der Waals surface area contributed by atoms with Crippen LogP contribution in [0, 0.1) is 0 Å². The molecule has 7 nitrogen and oxygen atoms in total. The second-order valence-corrected chi connectivity index (χ2v) is 8.13. The topological polar surface area (TPSA) is 65.8 Å². The minimum atomic E-state index is -0.226. The van der Waals surface area contributed by atoms with Crippen LogP contribution >= 0.6 is 0 Å². The number of urea groups is 1. The normalized spacial score (nSPS) is 15.1. The fraction of sp³-hybridized carbons (Fsp3) is 0.381. The molecule has 1 saturated heterocycles. The van der Waals surface area contributed by atoms with Gasteiger partial charge in [-0.2, -0.15) is 0 Å². The zero-order chi connectivity index (χ0) is 19.7. The summed E-state index contributed by atoms with van der Waals surface area (Å²) >= 11 is 0. The van der Waals surface area contributed by atoms with E-state index in [9.17, 15) is 4.79 Å². The van der Waals surface area contributed by atoms with Crippen molar-refractivity contribution in [1.82, 2.24) is 24.8 Å². The number of carbonyl (C=O) groups excluding carboxylic acids is 1. The van der Waals surface area contributed by atoms with E-state index < -0.39 is 0 Å². The number of aromatic nitrogens is 3. The van der Waals surface area contributed by atoms with E-state index in [0.29, 0.717) is 13.1 Å². The molecule has 1 fully saturated rings. The molecule has 0 unspecified atom stereocenters. The minimum Gasteiger partial charge on any atom is -0.352 e. The fourth-order valence-corrected chi connectivity index (χ4v) is 3.38. The van der Waals surface area contributed by atoms with Crippen LogP contribution in [0.3, 0.4) is 0 Å². The molecular weight excluding hydrogens is 352 g/mol. The number of rotatable bonds is 2. The predicted molar refractivity (Wildman–Crippen MR) is 110 cm³/mol. The van der Waals surface area contributed by atoms with Crippen LogP contribution in [-0.2, 0) is 0 Å². The van der Waals surface area contributed by atoms with Gasteiger partial charge in [0.25, 0.3) is 0 Å². The van der Waals surface area contributed by atoms with Crippen LogP contribution in [0.1, 0.15) is 20.8 Å². The maximum absolute atomic E-state index is 12.4. The van der Waals surface area contributed by atoms with Gasteiger partial charge in [-0.15, -0.1) is 5.10 Å². The summed E-state index contributed by atoms with van der Waals surface area (Å²) in [6.45, 7) is 8.85. The fourth-order valence-electron chi connectivity index (χ4n) is 3.38. The second-order valence-electron chi connectivity index (χ2n) is 8.13. The summed E-state index contributed by atoms with van der Waals surface area (Å²) in [6.07, 6.45) is 1.86. The molecule has 3 aromatic rings. The number of hydrogen-bond acceptors (Lipinski definition) is 4. The SMILES string of the molecule is CC(C)(C)NC(=O)N1CCN(c2ccc3ncc(-c4ccccc4)n3n2)CC1. The minimum absolute atomic E-state index is 0.00321. The molecule has 0 saturated carbocycles. The van der Waals surface area contributed by atoms with Crippen molar-refractivity contribution in [2.75, 3.05) is 31.1 Å². The molecule has 0 spiro atoms. The van der Waals surface area contributed by atoms with Gasteiger partial charge in [-0.25, -0.2) is 14.3 Å². The van der Waals surface area contributed by atoms with Crippen molar-refractivity contribution in [3.05, 3.63) is 48.7 Å². The highest BCUT2D eigenvalue weighted by Gasteiger charge is 2.25. The Morgan fingerprint density at radius 3 is 2.39 bits per heavy atom. The molecule has 1 aliphatic heterocycles. The van der Waals surface area contributed by atoms with Gasteiger partial charge in [-0.3, -0.25) is 0 Å². The van der Waals surface area contributed by atoms with Crippen molar-refractivity contribution in [3.63, 3.8) is 0 Å². The van der Waals surface area contributed by atoms with Crippen molar-refractivity contribution in [2.24, 2.45) is 0 Å². The number of nitrogens with one attached hydrogen (secondary N) is 1. The number of imidazole rings is 1. The molecule has 1 aliphatic rings. The van der Waals surface area contributed by atoms with Crippen LogP contribution in [0.5, 0.6) is 0 Å². The average Bonchev–Trinajstić information content (AvgIpc) is 3.11. The number of hydrogen-bond donors (Lipinski definition) is 1. The van der Waals surface area contributed by atoms with Crippen LogP contribution < -0.4 is 10.2 Å². The predicted octanol–water partition coefficient (Wildman–Crippen LogP) is 3.03. The molecule has 1 aromatic carbocycles. The summed E-state index contributed by atoms with van der Waals surface area (Å²) in [7, 11) is 0. The van der Waals surface area contributed by atoms with E-state index >= 15 is 0 Å². The third-order valence-electron chi connectivity index (χ3n) is 4.79. The van der Waals surface area contributed by atoms with Crippen molar-refractivity contribution < 1.29 is 4.79 Å². The number of carbonyl (C=O) groups is 1. The lowest BCUT2D eigenvalue weighted by molar-refractivity contribution is 0.185. The maximum atomic E-state index is 12.4. The highest BCUT2D eigenvalue weighted by atomic mass is 16.2. The van der Waals surface area contributed by atoms with Crippen molar-refractivity contribution >= 4 is 17.5 Å². The Hall–Kier alpha value is -3.09. The zero-order valence-electron chi connectivity index (χ0n) is 16.6. The molecule has 7 heteroatoms. The third-order valence-corrected chi connectivity index (χ3v) is 4.79. The summed E-state index contributed by atoms with van der Waals surface area (Å²) in [6, 6.07) is 14.1. The van der Waals surface area contributed by atoms with Gasteiger partial charge < -0.3 is 15.1 Å². The molecule has 0 atom stereocenters. The van der Waals surface area contributed by atoms with Crippen LogP contribution in [-0.4, -0.2) is 57.2 Å². The monoisotopic (exact) mass is 378 g/mol. The van der Waals surface area contributed by atoms with Gasteiger partial charge in [-0.1, -0.05) is 30.3 Å². The molecule has 2 amide bonds. The lowest BCUT2D eigenvalue weighted by Crippen LogP contribution is -2.55. The highest BCUT2D eigenvalue weighted by molar-refractivity contribution is 5.75. The summed E-state index contributed by atoms with van der Waals surface area (Å²) in [5.74, 6) is 0.901. The number of piperazine rings is 1. The van der Waals surface area contributed by atoms with Crippen LogP contribution in [0.25, 0.3) is 16.9 Å². The number of fused-ring (bicyclic) bond motifs is 1. The Kier molecular flexibility index (Phi) is 4.66. The Morgan fingerprint density at radius 1 is 1.00 bits per heavy atom. The van der Waals surface area contributed by atoms with Crippen molar-refractivity contribution in [3.8, 4) is 11.3 Å². The standard InChI is InChI=1S/C21H26N6O/c1-21(2,3)23-20(28)26-13-11-25(12-14-26)19-10-9-18-22-15-17(27(18)24-19)16-7-5-4-6-8-16/h4-10,15H,11-14H2,1-3H3,(H,23,28). The Balaban J connectivity index is 1.51. The van der Waals surface area contributed by atoms with Crippen LogP contribution in [0.15, 0.2) is 48.7 Å². The first kappa shape index (κ1) is 18.3. The smallest absolute Gasteiger partial charge is 0.317 e. The molecular formula is C21H26N6O. The highest BCUT2D eigenvalue weighted by Crippen LogP contribution is 2.22. The largest absolute Gasteiger partial charge is 0.352 e. The first-order valence-electron chi connectivity index (χ1n) is 9.63. The van der Waals surface area contributed by atoms with Crippen molar-refractivity contribution in [1.29, 1.82) is 0 Å². The summed E-state index contributed by atoms with van der Waals surface area (Å²) < 4.78 is 1.89. The van der Waals surface area contributed by atoms with E-state index in [1.165, 1.54) is 0 Å². The van der Waals surface area contributed by atoms with E-state index in [0.717, 1.165) is 35.8 Å². The summed E-state index contributed by atoms with van der Waals surface area (Å²) in [5, 5.41) is 7.86. The number of nitrogens with zero attached hydrogens (tertiary/aromatic N) is 5. The molecule has 0 bridgehead atoms. The zero-order valence-corrected chi connectivity index (χ0v) is 16.6. The van der Waals surface area contributed by atoms with Crippen molar-refractivity contribution in [2.45, 2.75) is 26.3 Å². The average molecular weight is 378 g/mol. The quantitative estimate of drug-likeness (QED) is 0.744. The van der Waals surface area contributed by atoms with E-state index in [2.05, 4.69) is 27.3 Å².